The highest BCUT2D eigenvalue weighted by molar-refractivity contribution is 8.76. The summed E-state index contributed by atoms with van der Waals surface area (Å²) in [4.78, 5) is 43.5. The standard InChI is InChI=1S/C13H14N2O8S3/c16-8-7-11(17)15(12(8)18)23-13(19)9(26(20,21)22)4-6-24-25-10-3-1-2-5-14-10/h1-3,5,8-9,16H,4,6-7H2,(H,20,21,22). The van der Waals surface area contributed by atoms with Crippen molar-refractivity contribution in [2.45, 2.75) is 29.2 Å². The van der Waals surface area contributed by atoms with Crippen molar-refractivity contribution < 1.29 is 37.3 Å². The van der Waals surface area contributed by atoms with Crippen LogP contribution in [0, 0.1) is 0 Å². The van der Waals surface area contributed by atoms with E-state index in [0.717, 1.165) is 0 Å². The molecule has 2 rings (SSSR count). The molecule has 1 aliphatic heterocycles. The maximum atomic E-state index is 12.0. The monoisotopic (exact) mass is 422 g/mol. The number of nitrogens with zero attached hydrogens (tertiary/aromatic N) is 2. The first-order valence-electron chi connectivity index (χ1n) is 7.13. The van der Waals surface area contributed by atoms with Crippen LogP contribution in [0.5, 0.6) is 0 Å². The van der Waals surface area contributed by atoms with Crippen LogP contribution in [-0.4, -0.2) is 63.0 Å². The van der Waals surface area contributed by atoms with Gasteiger partial charge in [0.2, 0.25) is 0 Å². The van der Waals surface area contributed by atoms with E-state index in [4.69, 9.17) is 0 Å². The molecule has 0 spiro atoms. The van der Waals surface area contributed by atoms with Crippen LogP contribution in [0.2, 0.25) is 0 Å². The highest BCUT2D eigenvalue weighted by atomic mass is 33.1. The number of rotatable bonds is 8. The lowest BCUT2D eigenvalue weighted by Crippen LogP contribution is -2.40. The van der Waals surface area contributed by atoms with Gasteiger partial charge in [0.05, 0.1) is 6.42 Å². The molecule has 1 aromatic heterocycles. The summed E-state index contributed by atoms with van der Waals surface area (Å²) in [5.41, 5.74) is 0. The molecule has 1 fully saturated rings. The highest BCUT2D eigenvalue weighted by Gasteiger charge is 2.43. The highest BCUT2D eigenvalue weighted by Crippen LogP contribution is 2.30. The third-order valence-electron chi connectivity index (χ3n) is 3.13. The molecule has 1 saturated heterocycles. The molecule has 0 saturated carbocycles. The van der Waals surface area contributed by atoms with E-state index in [9.17, 15) is 32.5 Å². The summed E-state index contributed by atoms with van der Waals surface area (Å²) in [5, 5.41) is 7.96. The van der Waals surface area contributed by atoms with Crippen LogP contribution in [0.15, 0.2) is 29.4 Å². The molecule has 2 amide bonds. The summed E-state index contributed by atoms with van der Waals surface area (Å²) in [6, 6.07) is 5.24. The first kappa shape index (κ1) is 20.6. The minimum atomic E-state index is -4.82. The largest absolute Gasteiger partial charge is 0.383 e. The number of carbonyl (C=O) groups is 3. The number of aliphatic hydroxyl groups excluding tert-OH is 1. The molecule has 1 aromatic rings. The molecule has 13 heteroatoms. The van der Waals surface area contributed by atoms with Crippen molar-refractivity contribution in [1.82, 2.24) is 10.0 Å². The van der Waals surface area contributed by atoms with Gasteiger partial charge in [0.1, 0.15) is 11.1 Å². The minimum Gasteiger partial charge on any atom is -0.383 e. The number of amides is 2. The molecule has 10 nitrogen and oxygen atoms in total. The second-order valence-electron chi connectivity index (χ2n) is 5.02. The van der Waals surface area contributed by atoms with Gasteiger partial charge in [-0.15, -0.1) is 0 Å². The number of hydrogen-bond donors (Lipinski definition) is 2. The molecule has 2 atom stereocenters. The maximum absolute atomic E-state index is 12.0. The molecule has 0 aromatic carbocycles. The van der Waals surface area contributed by atoms with E-state index in [2.05, 4.69) is 9.82 Å². The van der Waals surface area contributed by atoms with Crippen molar-refractivity contribution in [3.63, 3.8) is 0 Å². The molecular weight excluding hydrogens is 408 g/mol. The molecule has 26 heavy (non-hydrogen) atoms. The van der Waals surface area contributed by atoms with Crippen LogP contribution in [0.3, 0.4) is 0 Å². The topological polar surface area (TPSA) is 151 Å². The second-order valence-corrected chi connectivity index (χ2v) is 9.06. The number of carbonyl (C=O) groups excluding carboxylic acids is 3. The lowest BCUT2D eigenvalue weighted by Gasteiger charge is -2.17. The molecule has 0 aliphatic carbocycles. The van der Waals surface area contributed by atoms with Crippen LogP contribution in [0.25, 0.3) is 0 Å². The number of pyridine rings is 1. The van der Waals surface area contributed by atoms with Gasteiger partial charge in [-0.05, 0) is 29.3 Å². The summed E-state index contributed by atoms with van der Waals surface area (Å²) < 4.78 is 32.1. The van der Waals surface area contributed by atoms with Crippen molar-refractivity contribution in [3.8, 4) is 0 Å². The van der Waals surface area contributed by atoms with Crippen LogP contribution < -0.4 is 0 Å². The Labute approximate surface area is 156 Å². The number of imide groups is 1. The fraction of sp³-hybridized carbons (Fsp3) is 0.385. The quantitative estimate of drug-likeness (QED) is 0.253. The normalized spacial score (nSPS) is 18.8. The first-order chi connectivity index (χ1) is 12.2. The third-order valence-corrected chi connectivity index (χ3v) is 6.57. The Morgan fingerprint density at radius 3 is 2.69 bits per heavy atom. The van der Waals surface area contributed by atoms with Gasteiger partial charge in [-0.2, -0.15) is 8.42 Å². The Hall–Kier alpha value is -1.67. The van der Waals surface area contributed by atoms with Gasteiger partial charge in [-0.1, -0.05) is 21.9 Å². The SMILES string of the molecule is O=C(ON1C(=O)CC(O)C1=O)C(CCSSc1ccccn1)S(=O)(=O)O. The first-order valence-corrected chi connectivity index (χ1v) is 11.0. The van der Waals surface area contributed by atoms with Gasteiger partial charge in [0.15, 0.2) is 5.25 Å². The minimum absolute atomic E-state index is 0.0148. The molecule has 0 bridgehead atoms. The van der Waals surface area contributed by atoms with Gasteiger partial charge < -0.3 is 9.94 Å². The van der Waals surface area contributed by atoms with E-state index in [1.807, 2.05) is 0 Å². The van der Waals surface area contributed by atoms with Crippen molar-refractivity contribution in [2.24, 2.45) is 0 Å². The molecule has 2 unspecified atom stereocenters. The summed E-state index contributed by atoms with van der Waals surface area (Å²) in [6.07, 6.45) is -0.954. The zero-order valence-corrected chi connectivity index (χ0v) is 15.5. The maximum Gasteiger partial charge on any atom is 0.353 e. The number of hydroxylamine groups is 2. The predicted octanol–water partition coefficient (Wildman–Crippen LogP) is 0.0464. The van der Waals surface area contributed by atoms with Crippen LogP contribution in [0.4, 0.5) is 0 Å². The second kappa shape index (κ2) is 8.81. The Balaban J connectivity index is 1.93. The Morgan fingerprint density at radius 1 is 1.42 bits per heavy atom. The van der Waals surface area contributed by atoms with E-state index in [1.165, 1.54) is 21.6 Å². The zero-order chi connectivity index (χ0) is 19.3. The molecule has 142 valence electrons. The lowest BCUT2D eigenvalue weighted by atomic mass is 10.3. The fourth-order valence-corrected chi connectivity index (χ4v) is 4.70. The smallest absolute Gasteiger partial charge is 0.353 e. The van der Waals surface area contributed by atoms with Crippen molar-refractivity contribution in [3.05, 3.63) is 24.4 Å². The van der Waals surface area contributed by atoms with Crippen LogP contribution in [0.1, 0.15) is 12.8 Å². The van der Waals surface area contributed by atoms with Crippen molar-refractivity contribution in [2.75, 3.05) is 5.75 Å². The number of aromatic nitrogens is 1. The summed E-state index contributed by atoms with van der Waals surface area (Å²) in [7, 11) is -2.38. The van der Waals surface area contributed by atoms with Gasteiger partial charge in [-0.3, -0.25) is 14.1 Å². The van der Waals surface area contributed by atoms with Crippen molar-refractivity contribution in [1.29, 1.82) is 0 Å². The molecular formula is C13H14N2O8S3. The average molecular weight is 422 g/mol. The molecule has 2 N–H and O–H groups in total. The van der Waals surface area contributed by atoms with Crippen LogP contribution in [-0.2, 0) is 29.3 Å². The van der Waals surface area contributed by atoms with Gasteiger partial charge in [-0.25, -0.2) is 9.78 Å². The molecule has 2 heterocycles. The lowest BCUT2D eigenvalue weighted by molar-refractivity contribution is -0.198. The van der Waals surface area contributed by atoms with Gasteiger partial charge in [0.25, 0.3) is 21.9 Å². The van der Waals surface area contributed by atoms with Crippen LogP contribution >= 0.6 is 21.6 Å². The van der Waals surface area contributed by atoms with Gasteiger partial charge >= 0.3 is 5.97 Å². The number of hydrogen-bond acceptors (Lipinski definition) is 10. The Morgan fingerprint density at radius 2 is 2.15 bits per heavy atom. The number of aliphatic hydroxyl groups is 1. The van der Waals surface area contributed by atoms with Gasteiger partial charge in [0, 0.05) is 11.9 Å². The molecule has 1 aliphatic rings. The van der Waals surface area contributed by atoms with E-state index in [1.54, 1.807) is 24.4 Å². The Kier molecular flexibility index (Phi) is 7.00. The summed E-state index contributed by atoms with van der Waals surface area (Å²) in [6.45, 7) is 0. The summed E-state index contributed by atoms with van der Waals surface area (Å²) in [5.74, 6) is -3.50. The zero-order valence-electron chi connectivity index (χ0n) is 13.0. The van der Waals surface area contributed by atoms with Crippen molar-refractivity contribution >= 4 is 49.5 Å². The summed E-state index contributed by atoms with van der Waals surface area (Å²) >= 11 is 0. The van der Waals surface area contributed by atoms with E-state index >= 15 is 0 Å². The predicted molar refractivity (Wildman–Crippen MR) is 91.1 cm³/mol. The van der Waals surface area contributed by atoms with E-state index in [0.29, 0.717) is 5.03 Å². The third kappa shape index (κ3) is 5.41. The van der Waals surface area contributed by atoms with E-state index < -0.39 is 45.7 Å². The van der Waals surface area contributed by atoms with E-state index in [-0.39, 0.29) is 17.2 Å². The molecule has 0 radical (unpaired) electrons. The fourth-order valence-electron chi connectivity index (χ4n) is 1.88. The average Bonchev–Trinajstić information content (AvgIpc) is 2.80. The Bertz CT molecular complexity index is 786.